The highest BCUT2D eigenvalue weighted by molar-refractivity contribution is 5.87. The molecule has 1 aliphatic carbocycles. The molecule has 17 heavy (non-hydrogen) atoms. The van der Waals surface area contributed by atoms with Gasteiger partial charge in [-0.3, -0.25) is 0 Å². The number of likely N-dealkylation sites (N-methyl/N-ethyl adjacent to an activating group) is 1. The van der Waals surface area contributed by atoms with Crippen LogP contribution in [0.3, 0.4) is 0 Å². The lowest BCUT2D eigenvalue weighted by molar-refractivity contribution is 0.0687. The highest BCUT2D eigenvalue weighted by Crippen LogP contribution is 2.38. The Labute approximate surface area is 99.5 Å². The molecule has 2 aliphatic rings. The summed E-state index contributed by atoms with van der Waals surface area (Å²) in [6, 6.07) is 0. The van der Waals surface area contributed by atoms with Gasteiger partial charge >= 0.3 is 5.97 Å². The molecule has 90 valence electrons. The van der Waals surface area contributed by atoms with E-state index >= 15 is 0 Å². The molecule has 1 aromatic rings. The summed E-state index contributed by atoms with van der Waals surface area (Å²) in [5, 5.41) is 9.23. The molecule has 0 aromatic carbocycles. The minimum absolute atomic E-state index is 0.227. The first kappa shape index (κ1) is 10.7. The summed E-state index contributed by atoms with van der Waals surface area (Å²) in [6.45, 7) is 1.61. The zero-order valence-corrected chi connectivity index (χ0v) is 9.81. The smallest absolute Gasteiger partial charge is 0.354 e. The lowest BCUT2D eigenvalue weighted by Crippen LogP contribution is -2.30. The highest BCUT2D eigenvalue weighted by Gasteiger charge is 2.31. The molecule has 0 spiro atoms. The van der Waals surface area contributed by atoms with Crippen molar-refractivity contribution < 1.29 is 9.90 Å². The standard InChI is InChI=1S/C12H15N3O2/c1-15-5-4-8-9(6-15)13-11(7-2-3-7)14-10(8)12(16)17/h7H,2-6H2,1H3,(H,16,17). The Morgan fingerprint density at radius 1 is 1.41 bits per heavy atom. The first-order valence-electron chi connectivity index (χ1n) is 5.96. The molecule has 0 bridgehead atoms. The topological polar surface area (TPSA) is 66.3 Å². The van der Waals surface area contributed by atoms with Crippen LogP contribution in [0.5, 0.6) is 0 Å². The van der Waals surface area contributed by atoms with Crippen molar-refractivity contribution in [2.24, 2.45) is 0 Å². The van der Waals surface area contributed by atoms with E-state index < -0.39 is 5.97 Å². The van der Waals surface area contributed by atoms with E-state index in [1.807, 2.05) is 7.05 Å². The third-order valence-corrected chi connectivity index (χ3v) is 3.42. The van der Waals surface area contributed by atoms with Crippen molar-refractivity contribution in [2.45, 2.75) is 31.7 Å². The van der Waals surface area contributed by atoms with Crippen LogP contribution < -0.4 is 0 Å². The minimum Gasteiger partial charge on any atom is -0.477 e. The SMILES string of the molecule is CN1CCc2c(nc(C3CC3)nc2C(=O)O)C1. The van der Waals surface area contributed by atoms with Crippen molar-refractivity contribution in [2.75, 3.05) is 13.6 Å². The number of fused-ring (bicyclic) bond motifs is 1. The fourth-order valence-corrected chi connectivity index (χ4v) is 2.28. The molecule has 0 unspecified atom stereocenters. The Morgan fingerprint density at radius 3 is 2.82 bits per heavy atom. The van der Waals surface area contributed by atoms with Crippen LogP contribution in [0, 0.1) is 0 Å². The van der Waals surface area contributed by atoms with E-state index in [-0.39, 0.29) is 5.69 Å². The summed E-state index contributed by atoms with van der Waals surface area (Å²) in [5.74, 6) is 0.206. The monoisotopic (exact) mass is 233 g/mol. The summed E-state index contributed by atoms with van der Waals surface area (Å²) in [4.78, 5) is 22.2. The molecular weight excluding hydrogens is 218 g/mol. The van der Waals surface area contributed by atoms with E-state index in [4.69, 9.17) is 0 Å². The summed E-state index contributed by atoms with van der Waals surface area (Å²) in [5.41, 5.74) is 1.97. The van der Waals surface area contributed by atoms with Gasteiger partial charge in [0.15, 0.2) is 5.69 Å². The second-order valence-electron chi connectivity index (χ2n) is 4.92. The molecule has 0 radical (unpaired) electrons. The van der Waals surface area contributed by atoms with Crippen LogP contribution in [-0.2, 0) is 13.0 Å². The molecule has 5 nitrogen and oxygen atoms in total. The molecular formula is C12H15N3O2. The Balaban J connectivity index is 2.10. The number of aromatic carboxylic acids is 1. The zero-order chi connectivity index (χ0) is 12.0. The van der Waals surface area contributed by atoms with Crippen LogP contribution >= 0.6 is 0 Å². The quantitative estimate of drug-likeness (QED) is 0.826. The molecule has 1 fully saturated rings. The van der Waals surface area contributed by atoms with Crippen LogP contribution in [0.15, 0.2) is 0 Å². The molecule has 1 aliphatic heterocycles. The summed E-state index contributed by atoms with van der Waals surface area (Å²) >= 11 is 0. The lowest BCUT2D eigenvalue weighted by Gasteiger charge is -2.25. The van der Waals surface area contributed by atoms with Crippen molar-refractivity contribution in [1.82, 2.24) is 14.9 Å². The van der Waals surface area contributed by atoms with E-state index in [2.05, 4.69) is 14.9 Å². The number of aromatic nitrogens is 2. The van der Waals surface area contributed by atoms with Gasteiger partial charge in [-0.2, -0.15) is 0 Å². The van der Waals surface area contributed by atoms with Crippen molar-refractivity contribution in [3.63, 3.8) is 0 Å². The number of nitrogens with zero attached hydrogens (tertiary/aromatic N) is 3. The van der Waals surface area contributed by atoms with Crippen molar-refractivity contribution in [1.29, 1.82) is 0 Å². The summed E-state index contributed by atoms with van der Waals surface area (Å²) < 4.78 is 0. The zero-order valence-electron chi connectivity index (χ0n) is 9.81. The highest BCUT2D eigenvalue weighted by atomic mass is 16.4. The fraction of sp³-hybridized carbons (Fsp3) is 0.583. The Morgan fingerprint density at radius 2 is 2.18 bits per heavy atom. The number of hydrogen-bond acceptors (Lipinski definition) is 4. The number of carboxylic acids is 1. The summed E-state index contributed by atoms with van der Waals surface area (Å²) in [7, 11) is 2.03. The van der Waals surface area contributed by atoms with Crippen molar-refractivity contribution in [3.05, 3.63) is 22.8 Å². The third kappa shape index (κ3) is 1.91. The number of carbonyl (C=O) groups is 1. The number of carboxylic acid groups (broad SMARTS) is 1. The number of hydrogen-bond donors (Lipinski definition) is 1. The van der Waals surface area contributed by atoms with Gasteiger partial charge in [0.25, 0.3) is 0 Å². The second kappa shape index (κ2) is 3.77. The summed E-state index contributed by atoms with van der Waals surface area (Å²) in [6.07, 6.45) is 2.92. The first-order chi connectivity index (χ1) is 8.15. The van der Waals surface area contributed by atoms with E-state index in [1.54, 1.807) is 0 Å². The van der Waals surface area contributed by atoms with E-state index in [9.17, 15) is 9.90 Å². The van der Waals surface area contributed by atoms with Crippen LogP contribution in [0.25, 0.3) is 0 Å². The second-order valence-corrected chi connectivity index (χ2v) is 4.92. The Kier molecular flexibility index (Phi) is 2.36. The molecule has 0 atom stereocenters. The van der Waals surface area contributed by atoms with E-state index in [0.717, 1.165) is 49.4 Å². The lowest BCUT2D eigenvalue weighted by atomic mass is 10.0. The normalized spacial score (nSPS) is 20.1. The minimum atomic E-state index is -0.921. The molecule has 0 saturated heterocycles. The van der Waals surface area contributed by atoms with Crippen LogP contribution in [0.1, 0.15) is 46.3 Å². The Bertz CT molecular complexity index is 483. The predicted molar refractivity (Wildman–Crippen MR) is 61.0 cm³/mol. The number of rotatable bonds is 2. The van der Waals surface area contributed by atoms with Crippen LogP contribution in [-0.4, -0.2) is 39.5 Å². The predicted octanol–water partition coefficient (Wildman–Crippen LogP) is 1.04. The average molecular weight is 233 g/mol. The molecule has 0 amide bonds. The van der Waals surface area contributed by atoms with Gasteiger partial charge in [0, 0.05) is 24.6 Å². The third-order valence-electron chi connectivity index (χ3n) is 3.42. The van der Waals surface area contributed by atoms with Gasteiger partial charge in [0.2, 0.25) is 0 Å². The van der Waals surface area contributed by atoms with E-state index in [1.165, 1.54) is 0 Å². The average Bonchev–Trinajstić information content (AvgIpc) is 3.10. The fourth-order valence-electron chi connectivity index (χ4n) is 2.28. The van der Waals surface area contributed by atoms with Crippen LogP contribution in [0.4, 0.5) is 0 Å². The first-order valence-corrected chi connectivity index (χ1v) is 5.96. The maximum Gasteiger partial charge on any atom is 0.354 e. The molecule has 3 rings (SSSR count). The molecule has 2 heterocycles. The molecule has 5 heteroatoms. The van der Waals surface area contributed by atoms with Crippen molar-refractivity contribution >= 4 is 5.97 Å². The van der Waals surface area contributed by atoms with Gasteiger partial charge in [0.05, 0.1) is 5.69 Å². The Hall–Kier alpha value is -1.49. The van der Waals surface area contributed by atoms with E-state index in [0.29, 0.717) is 5.92 Å². The van der Waals surface area contributed by atoms with Gasteiger partial charge in [0.1, 0.15) is 5.82 Å². The van der Waals surface area contributed by atoms with Gasteiger partial charge in [-0.05, 0) is 26.3 Å². The van der Waals surface area contributed by atoms with Crippen LogP contribution in [0.2, 0.25) is 0 Å². The largest absolute Gasteiger partial charge is 0.477 e. The maximum atomic E-state index is 11.2. The molecule has 1 aromatic heterocycles. The maximum absolute atomic E-state index is 11.2. The van der Waals surface area contributed by atoms with Gasteiger partial charge in [-0.25, -0.2) is 14.8 Å². The van der Waals surface area contributed by atoms with Gasteiger partial charge in [-0.15, -0.1) is 0 Å². The van der Waals surface area contributed by atoms with Gasteiger partial charge < -0.3 is 10.0 Å². The molecule has 1 saturated carbocycles. The van der Waals surface area contributed by atoms with Crippen molar-refractivity contribution in [3.8, 4) is 0 Å². The van der Waals surface area contributed by atoms with Gasteiger partial charge in [-0.1, -0.05) is 0 Å². The molecule has 1 N–H and O–H groups in total.